The van der Waals surface area contributed by atoms with Crippen molar-refractivity contribution in [3.05, 3.63) is 29.3 Å². The summed E-state index contributed by atoms with van der Waals surface area (Å²) < 4.78 is 25.6. The Kier molecular flexibility index (Phi) is 2.95. The van der Waals surface area contributed by atoms with Crippen molar-refractivity contribution in [2.75, 3.05) is 12.4 Å². The van der Waals surface area contributed by atoms with E-state index in [-0.39, 0.29) is 4.90 Å². The molecule has 6 heteroatoms. The summed E-state index contributed by atoms with van der Waals surface area (Å²) in [6.07, 6.45) is 0. The molecule has 2 unspecified atom stereocenters. The molecule has 88 valence electrons. The highest BCUT2D eigenvalue weighted by molar-refractivity contribution is 7.89. The van der Waals surface area contributed by atoms with E-state index < -0.39 is 15.6 Å². The van der Waals surface area contributed by atoms with Crippen LogP contribution in [0.3, 0.4) is 0 Å². The highest BCUT2D eigenvalue weighted by atomic mass is 35.5. The summed E-state index contributed by atoms with van der Waals surface area (Å²) in [4.78, 5) is 0.255. The third-order valence-electron chi connectivity index (χ3n) is 2.67. The van der Waals surface area contributed by atoms with E-state index >= 15 is 0 Å². The van der Waals surface area contributed by atoms with Crippen LogP contribution in [0.5, 0.6) is 0 Å². The second-order valence-electron chi connectivity index (χ2n) is 4.10. The van der Waals surface area contributed by atoms with Crippen molar-refractivity contribution in [1.29, 1.82) is 0 Å². The zero-order chi connectivity index (χ0) is 12.0. The Labute approximate surface area is 105 Å². The summed E-state index contributed by atoms with van der Waals surface area (Å²) >= 11 is 11.4. The molecule has 0 radical (unpaired) electrons. The van der Waals surface area contributed by atoms with E-state index in [1.165, 1.54) is 16.4 Å². The first kappa shape index (κ1) is 12.2. The summed E-state index contributed by atoms with van der Waals surface area (Å²) in [6.45, 7) is 2.30. The van der Waals surface area contributed by atoms with Crippen LogP contribution >= 0.6 is 23.2 Å². The second kappa shape index (κ2) is 3.88. The highest BCUT2D eigenvalue weighted by Gasteiger charge is 2.54. The van der Waals surface area contributed by atoms with Gasteiger partial charge in [0.15, 0.2) is 0 Å². The molecule has 0 saturated carbocycles. The van der Waals surface area contributed by atoms with Crippen LogP contribution in [0, 0.1) is 0 Å². The molecule has 0 amide bonds. The van der Waals surface area contributed by atoms with Gasteiger partial charge in [0, 0.05) is 17.4 Å². The van der Waals surface area contributed by atoms with Crippen LogP contribution in [0.2, 0.25) is 5.02 Å². The molecule has 1 aliphatic rings. The monoisotopic (exact) mass is 279 g/mol. The minimum Gasteiger partial charge on any atom is -0.207 e. The molecule has 2 atom stereocenters. The van der Waals surface area contributed by atoms with Gasteiger partial charge in [-0.3, -0.25) is 0 Å². The summed E-state index contributed by atoms with van der Waals surface area (Å²) in [5, 5.41) is 0.518. The Morgan fingerprint density at radius 3 is 2.38 bits per heavy atom. The number of halogens is 2. The average Bonchev–Trinajstić information content (AvgIpc) is 2.93. The fraction of sp³-hybridized carbons (Fsp3) is 0.400. The van der Waals surface area contributed by atoms with E-state index in [1.807, 2.05) is 6.92 Å². The van der Waals surface area contributed by atoms with Gasteiger partial charge in [-0.2, -0.15) is 4.31 Å². The Hall–Kier alpha value is -0.290. The largest absolute Gasteiger partial charge is 0.243 e. The molecule has 0 bridgehead atoms. The molecule has 1 aliphatic heterocycles. The van der Waals surface area contributed by atoms with E-state index in [4.69, 9.17) is 23.2 Å². The summed E-state index contributed by atoms with van der Waals surface area (Å²) in [5.41, 5.74) is -0.431. The molecular formula is C10H11Cl2NO2S. The van der Waals surface area contributed by atoms with Crippen LogP contribution in [0.4, 0.5) is 0 Å². The van der Waals surface area contributed by atoms with Gasteiger partial charge in [0.25, 0.3) is 0 Å². The molecule has 1 saturated heterocycles. The third-order valence-corrected chi connectivity index (χ3v) is 5.52. The molecule has 1 heterocycles. The van der Waals surface area contributed by atoms with Gasteiger partial charge in [0.05, 0.1) is 10.4 Å². The summed E-state index contributed by atoms with van der Waals surface area (Å²) in [5.74, 6) is 0.305. The number of benzene rings is 1. The van der Waals surface area contributed by atoms with Crippen molar-refractivity contribution < 1.29 is 8.42 Å². The standard InChI is InChI=1S/C10H11Cl2NO2S/c1-10(6-11)7-13(10)16(14,15)9-4-2-8(12)3-5-9/h2-5H,6-7H2,1H3. The van der Waals surface area contributed by atoms with Crippen LogP contribution in [0.15, 0.2) is 29.2 Å². The van der Waals surface area contributed by atoms with Crippen LogP contribution in [-0.2, 0) is 10.0 Å². The highest BCUT2D eigenvalue weighted by Crippen LogP contribution is 2.39. The van der Waals surface area contributed by atoms with Crippen molar-refractivity contribution in [1.82, 2.24) is 4.31 Å². The predicted molar refractivity (Wildman–Crippen MR) is 64.5 cm³/mol. The molecule has 1 fully saturated rings. The Morgan fingerprint density at radius 1 is 1.38 bits per heavy atom. The molecule has 1 aromatic rings. The summed E-state index contributed by atoms with van der Waals surface area (Å²) in [6, 6.07) is 6.14. The number of hydrogen-bond donors (Lipinski definition) is 0. The van der Waals surface area contributed by atoms with Gasteiger partial charge in [-0.15, -0.1) is 11.6 Å². The normalized spacial score (nSPS) is 29.1. The first-order valence-electron chi connectivity index (χ1n) is 4.74. The second-order valence-corrected chi connectivity index (χ2v) is 6.66. The topological polar surface area (TPSA) is 37.1 Å². The fourth-order valence-electron chi connectivity index (χ4n) is 1.49. The molecule has 0 spiro atoms. The lowest BCUT2D eigenvalue weighted by atomic mass is 10.2. The quantitative estimate of drug-likeness (QED) is 0.629. The van der Waals surface area contributed by atoms with Gasteiger partial charge in [-0.05, 0) is 31.2 Å². The Bertz CT molecular complexity index is 500. The smallest absolute Gasteiger partial charge is 0.207 e. The van der Waals surface area contributed by atoms with Gasteiger partial charge >= 0.3 is 0 Å². The van der Waals surface area contributed by atoms with Gasteiger partial charge < -0.3 is 0 Å². The zero-order valence-corrected chi connectivity index (χ0v) is 11.0. The molecule has 0 aromatic heterocycles. The maximum absolute atomic E-state index is 12.1. The predicted octanol–water partition coefficient (Wildman–Crippen LogP) is 2.34. The first-order chi connectivity index (χ1) is 7.40. The number of sulfonamides is 1. The molecule has 1 aromatic carbocycles. The van der Waals surface area contributed by atoms with E-state index in [0.29, 0.717) is 17.4 Å². The lowest BCUT2D eigenvalue weighted by Crippen LogP contribution is -2.22. The SMILES string of the molecule is CC1(CCl)CN1S(=O)(=O)c1ccc(Cl)cc1. The lowest BCUT2D eigenvalue weighted by molar-refractivity contribution is 0.531. The minimum absolute atomic E-state index is 0.255. The van der Waals surface area contributed by atoms with E-state index in [1.54, 1.807) is 12.1 Å². The zero-order valence-electron chi connectivity index (χ0n) is 8.65. The van der Waals surface area contributed by atoms with Crippen LogP contribution in [0.25, 0.3) is 0 Å². The Balaban J connectivity index is 2.31. The van der Waals surface area contributed by atoms with Crippen molar-refractivity contribution in [2.24, 2.45) is 0 Å². The van der Waals surface area contributed by atoms with Gasteiger partial charge in [0.1, 0.15) is 0 Å². The van der Waals surface area contributed by atoms with Crippen molar-refractivity contribution >= 4 is 33.2 Å². The third kappa shape index (κ3) is 1.95. The summed E-state index contributed by atoms with van der Waals surface area (Å²) in [7, 11) is -3.41. The minimum atomic E-state index is -3.41. The van der Waals surface area contributed by atoms with Crippen molar-refractivity contribution in [2.45, 2.75) is 17.4 Å². The van der Waals surface area contributed by atoms with Crippen LogP contribution in [0.1, 0.15) is 6.92 Å². The average molecular weight is 280 g/mol. The Morgan fingerprint density at radius 2 is 1.94 bits per heavy atom. The van der Waals surface area contributed by atoms with Gasteiger partial charge in [-0.25, -0.2) is 8.42 Å². The number of alkyl halides is 1. The van der Waals surface area contributed by atoms with Crippen LogP contribution < -0.4 is 0 Å². The molecule has 0 aliphatic carbocycles. The molecule has 0 N–H and O–H groups in total. The van der Waals surface area contributed by atoms with E-state index in [0.717, 1.165) is 0 Å². The maximum atomic E-state index is 12.1. The van der Waals surface area contributed by atoms with E-state index in [2.05, 4.69) is 0 Å². The van der Waals surface area contributed by atoms with Crippen molar-refractivity contribution in [3.63, 3.8) is 0 Å². The number of nitrogens with zero attached hydrogens (tertiary/aromatic N) is 1. The van der Waals surface area contributed by atoms with Gasteiger partial charge in [0.2, 0.25) is 10.0 Å². The van der Waals surface area contributed by atoms with E-state index in [9.17, 15) is 8.42 Å². The molecule has 16 heavy (non-hydrogen) atoms. The fourth-order valence-corrected chi connectivity index (χ4v) is 3.74. The molecule has 3 nitrogen and oxygen atoms in total. The number of hydrogen-bond acceptors (Lipinski definition) is 2. The van der Waals surface area contributed by atoms with Crippen molar-refractivity contribution in [3.8, 4) is 0 Å². The first-order valence-corrected chi connectivity index (χ1v) is 7.10. The molecule has 2 rings (SSSR count). The molecular weight excluding hydrogens is 269 g/mol. The van der Waals surface area contributed by atoms with Gasteiger partial charge in [-0.1, -0.05) is 11.6 Å². The van der Waals surface area contributed by atoms with Crippen LogP contribution in [-0.4, -0.2) is 30.7 Å². The maximum Gasteiger partial charge on any atom is 0.243 e. The lowest BCUT2D eigenvalue weighted by Gasteiger charge is -2.09. The number of rotatable bonds is 3.